The van der Waals surface area contributed by atoms with Gasteiger partial charge in [-0.15, -0.1) is 0 Å². The third-order valence-corrected chi connectivity index (χ3v) is 3.60. The van der Waals surface area contributed by atoms with E-state index in [1.807, 2.05) is 79.7 Å². The Kier molecular flexibility index (Phi) is 3.25. The first-order valence-corrected chi connectivity index (χ1v) is 6.75. The van der Waals surface area contributed by atoms with Crippen LogP contribution in [-0.4, -0.2) is 11.9 Å². The Balaban J connectivity index is 2.03. The lowest BCUT2D eigenvalue weighted by Crippen LogP contribution is -2.24. The van der Waals surface area contributed by atoms with Gasteiger partial charge >= 0.3 is 0 Å². The highest BCUT2D eigenvalue weighted by atomic mass is 16.6. The molecule has 3 rings (SSSR count). The van der Waals surface area contributed by atoms with Crippen LogP contribution in [0.15, 0.2) is 72.8 Å². The monoisotopic (exact) mass is 264 g/mol. The summed E-state index contributed by atoms with van der Waals surface area (Å²) in [6.45, 7) is 1.93. The van der Waals surface area contributed by atoms with Crippen LogP contribution in [0, 0.1) is 0 Å². The number of hydrogen-bond donors (Lipinski definition) is 0. The van der Waals surface area contributed by atoms with Crippen LogP contribution in [0.4, 0.5) is 0 Å². The Morgan fingerprint density at radius 1 is 1.05 bits per heavy atom. The number of carbonyl (C=O) groups is 1. The van der Waals surface area contributed by atoms with Crippen molar-refractivity contribution in [2.75, 3.05) is 0 Å². The summed E-state index contributed by atoms with van der Waals surface area (Å²) in [5, 5.41) is 0. The third-order valence-electron chi connectivity index (χ3n) is 3.60. The van der Waals surface area contributed by atoms with Crippen LogP contribution in [0.3, 0.4) is 0 Å². The van der Waals surface area contributed by atoms with Crippen molar-refractivity contribution < 1.29 is 9.53 Å². The standard InChI is InChI=1S/C18H16O2/c1-2-9-16-18(20-16,15-12-7-4-8-13-15)17(19)14-10-5-3-6-11-14/h2-13,16H,1H3/b9-2+. The summed E-state index contributed by atoms with van der Waals surface area (Å²) in [7, 11) is 0. The minimum absolute atomic E-state index is 0.0207. The maximum Gasteiger partial charge on any atom is 0.202 e. The van der Waals surface area contributed by atoms with E-state index in [2.05, 4.69) is 0 Å². The number of hydrogen-bond acceptors (Lipinski definition) is 2. The molecule has 0 N–H and O–H groups in total. The molecule has 0 amide bonds. The summed E-state index contributed by atoms with van der Waals surface area (Å²) in [5.41, 5.74) is 0.745. The van der Waals surface area contributed by atoms with Crippen LogP contribution in [0.1, 0.15) is 22.8 Å². The first kappa shape index (κ1) is 12.8. The number of ether oxygens (including phenoxy) is 1. The molecule has 0 spiro atoms. The molecule has 2 aromatic carbocycles. The van der Waals surface area contributed by atoms with Crippen LogP contribution in [0.5, 0.6) is 0 Å². The summed E-state index contributed by atoms with van der Waals surface area (Å²) in [4.78, 5) is 12.9. The van der Waals surface area contributed by atoms with Gasteiger partial charge in [-0.05, 0) is 12.5 Å². The molecule has 100 valence electrons. The molecular formula is C18H16O2. The van der Waals surface area contributed by atoms with Gasteiger partial charge in [0.1, 0.15) is 6.10 Å². The second-order valence-electron chi connectivity index (χ2n) is 4.86. The first-order valence-electron chi connectivity index (χ1n) is 6.75. The number of ketones is 1. The molecule has 1 heterocycles. The Morgan fingerprint density at radius 3 is 2.25 bits per heavy atom. The smallest absolute Gasteiger partial charge is 0.202 e. The number of allylic oxidation sites excluding steroid dienone is 1. The molecule has 2 atom stereocenters. The fraction of sp³-hybridized carbons (Fsp3) is 0.167. The van der Waals surface area contributed by atoms with E-state index in [0.29, 0.717) is 5.56 Å². The summed E-state index contributed by atoms with van der Waals surface area (Å²) < 4.78 is 5.81. The maximum atomic E-state index is 12.9. The molecule has 1 aliphatic rings. The molecule has 2 nitrogen and oxygen atoms in total. The Morgan fingerprint density at radius 2 is 1.65 bits per heavy atom. The van der Waals surface area contributed by atoms with Gasteiger partial charge in [-0.3, -0.25) is 4.79 Å². The lowest BCUT2D eigenvalue weighted by Gasteiger charge is -2.12. The molecule has 1 saturated heterocycles. The molecule has 0 aromatic heterocycles. The highest BCUT2D eigenvalue weighted by Crippen LogP contribution is 2.49. The number of rotatable bonds is 4. The summed E-state index contributed by atoms with van der Waals surface area (Å²) in [6, 6.07) is 19.0. The van der Waals surface area contributed by atoms with E-state index in [1.165, 1.54) is 0 Å². The fourth-order valence-corrected chi connectivity index (χ4v) is 2.55. The quantitative estimate of drug-likeness (QED) is 0.478. The predicted molar refractivity (Wildman–Crippen MR) is 78.6 cm³/mol. The fourth-order valence-electron chi connectivity index (χ4n) is 2.55. The number of benzene rings is 2. The van der Waals surface area contributed by atoms with E-state index in [-0.39, 0.29) is 11.9 Å². The molecule has 0 bridgehead atoms. The molecule has 2 heteroatoms. The summed E-state index contributed by atoms with van der Waals surface area (Å²) in [6.07, 6.45) is 3.68. The van der Waals surface area contributed by atoms with E-state index >= 15 is 0 Å². The van der Waals surface area contributed by atoms with E-state index in [9.17, 15) is 4.79 Å². The van der Waals surface area contributed by atoms with Crippen LogP contribution in [0.25, 0.3) is 0 Å². The average Bonchev–Trinajstić information content (AvgIpc) is 3.24. The lowest BCUT2D eigenvalue weighted by molar-refractivity contribution is 0.0871. The topological polar surface area (TPSA) is 29.6 Å². The SMILES string of the molecule is C/C=C/C1OC1(C(=O)c1ccccc1)c1ccccc1. The van der Waals surface area contributed by atoms with E-state index in [1.54, 1.807) is 0 Å². The minimum atomic E-state index is -0.852. The minimum Gasteiger partial charge on any atom is -0.348 e. The number of epoxide rings is 1. The zero-order valence-electron chi connectivity index (χ0n) is 11.3. The molecule has 0 radical (unpaired) electrons. The van der Waals surface area contributed by atoms with Crippen molar-refractivity contribution in [3.63, 3.8) is 0 Å². The molecule has 1 aliphatic heterocycles. The number of carbonyl (C=O) groups excluding carboxylic acids is 1. The van der Waals surface area contributed by atoms with Gasteiger partial charge in [0.15, 0.2) is 5.60 Å². The largest absolute Gasteiger partial charge is 0.348 e. The second-order valence-corrected chi connectivity index (χ2v) is 4.86. The third kappa shape index (κ3) is 1.98. The number of Topliss-reactive ketones (excluding diaryl/α,β-unsaturated/α-hetero) is 1. The molecule has 2 unspecified atom stereocenters. The van der Waals surface area contributed by atoms with E-state index in [0.717, 1.165) is 5.56 Å². The van der Waals surface area contributed by atoms with Gasteiger partial charge in [0.05, 0.1) is 0 Å². The van der Waals surface area contributed by atoms with E-state index < -0.39 is 5.60 Å². The van der Waals surface area contributed by atoms with Crippen LogP contribution in [0.2, 0.25) is 0 Å². The molecular weight excluding hydrogens is 248 g/mol. The van der Waals surface area contributed by atoms with Crippen molar-refractivity contribution in [3.05, 3.63) is 83.9 Å². The summed E-state index contributed by atoms with van der Waals surface area (Å²) in [5.74, 6) is 0.0207. The molecule has 1 fully saturated rings. The lowest BCUT2D eigenvalue weighted by atomic mass is 9.87. The van der Waals surface area contributed by atoms with Crippen LogP contribution in [-0.2, 0) is 10.3 Å². The highest BCUT2D eigenvalue weighted by Gasteiger charge is 2.62. The Labute approximate surface area is 118 Å². The molecule has 2 aromatic rings. The van der Waals surface area contributed by atoms with Crippen molar-refractivity contribution in [2.45, 2.75) is 18.6 Å². The predicted octanol–water partition coefficient (Wildman–Crippen LogP) is 3.74. The van der Waals surface area contributed by atoms with Gasteiger partial charge < -0.3 is 4.74 Å². The normalized spacial score (nSPS) is 24.8. The van der Waals surface area contributed by atoms with Crippen molar-refractivity contribution >= 4 is 5.78 Å². The van der Waals surface area contributed by atoms with Gasteiger partial charge in [0.25, 0.3) is 0 Å². The average molecular weight is 264 g/mol. The molecule has 0 aliphatic carbocycles. The Hall–Kier alpha value is -2.19. The van der Waals surface area contributed by atoms with Crippen LogP contribution < -0.4 is 0 Å². The van der Waals surface area contributed by atoms with Gasteiger partial charge in [-0.2, -0.15) is 0 Å². The highest BCUT2D eigenvalue weighted by molar-refractivity contribution is 6.05. The van der Waals surface area contributed by atoms with Crippen molar-refractivity contribution in [3.8, 4) is 0 Å². The second kappa shape index (κ2) is 5.06. The first-order chi connectivity index (χ1) is 9.79. The zero-order valence-corrected chi connectivity index (χ0v) is 11.3. The Bertz CT molecular complexity index is 631. The van der Waals surface area contributed by atoms with Gasteiger partial charge in [-0.1, -0.05) is 72.8 Å². The van der Waals surface area contributed by atoms with Gasteiger partial charge in [0, 0.05) is 5.56 Å². The summed E-state index contributed by atoms with van der Waals surface area (Å²) >= 11 is 0. The molecule has 20 heavy (non-hydrogen) atoms. The van der Waals surface area contributed by atoms with Crippen LogP contribution >= 0.6 is 0 Å². The van der Waals surface area contributed by atoms with E-state index in [4.69, 9.17) is 4.74 Å². The van der Waals surface area contributed by atoms with Gasteiger partial charge in [-0.25, -0.2) is 0 Å². The van der Waals surface area contributed by atoms with Crippen molar-refractivity contribution in [1.82, 2.24) is 0 Å². The van der Waals surface area contributed by atoms with Crippen molar-refractivity contribution in [1.29, 1.82) is 0 Å². The zero-order chi connectivity index (χ0) is 14.0. The van der Waals surface area contributed by atoms with Crippen molar-refractivity contribution in [2.24, 2.45) is 0 Å². The van der Waals surface area contributed by atoms with Gasteiger partial charge in [0.2, 0.25) is 5.78 Å². The molecule has 0 saturated carbocycles. The maximum absolute atomic E-state index is 12.9.